The Balaban J connectivity index is 1.66. The molecule has 0 bridgehead atoms. The molecular formula is C17H24N2OS. The van der Waals surface area contributed by atoms with Crippen molar-refractivity contribution < 1.29 is 4.74 Å². The predicted molar refractivity (Wildman–Crippen MR) is 91.3 cm³/mol. The van der Waals surface area contributed by atoms with E-state index in [2.05, 4.69) is 54.1 Å². The first-order valence-corrected chi connectivity index (χ1v) is 8.32. The van der Waals surface area contributed by atoms with Gasteiger partial charge in [-0.05, 0) is 29.5 Å². The fourth-order valence-corrected chi connectivity index (χ4v) is 2.55. The molecule has 0 atom stereocenters. The molecule has 1 heterocycles. The van der Waals surface area contributed by atoms with E-state index in [0.717, 1.165) is 37.7 Å². The number of hydrogen-bond donors (Lipinski definition) is 2. The van der Waals surface area contributed by atoms with Gasteiger partial charge in [0.25, 0.3) is 0 Å². The Hall–Kier alpha value is -1.52. The van der Waals surface area contributed by atoms with Gasteiger partial charge in [-0.2, -0.15) is 0 Å². The summed E-state index contributed by atoms with van der Waals surface area (Å²) in [6.45, 7) is 7.85. The summed E-state index contributed by atoms with van der Waals surface area (Å²) in [6, 6.07) is 12.4. The topological polar surface area (TPSA) is 33.3 Å². The van der Waals surface area contributed by atoms with E-state index in [-0.39, 0.29) is 0 Å². The van der Waals surface area contributed by atoms with Crippen LogP contribution in [0.1, 0.15) is 18.7 Å². The van der Waals surface area contributed by atoms with Crippen LogP contribution in [-0.4, -0.2) is 19.7 Å². The second kappa shape index (κ2) is 8.70. The van der Waals surface area contributed by atoms with Gasteiger partial charge in [-0.3, -0.25) is 0 Å². The van der Waals surface area contributed by atoms with E-state index >= 15 is 0 Å². The fraction of sp³-hybridized carbons (Fsp3) is 0.412. The Morgan fingerprint density at radius 3 is 2.81 bits per heavy atom. The van der Waals surface area contributed by atoms with E-state index in [4.69, 9.17) is 4.74 Å². The second-order valence-corrected chi connectivity index (χ2v) is 6.45. The summed E-state index contributed by atoms with van der Waals surface area (Å²) in [5, 5.41) is 8.95. The van der Waals surface area contributed by atoms with Crippen molar-refractivity contribution in [3.63, 3.8) is 0 Å². The first kappa shape index (κ1) is 15.9. The van der Waals surface area contributed by atoms with E-state index in [1.807, 2.05) is 12.1 Å². The average Bonchev–Trinajstić information content (AvgIpc) is 2.98. The maximum atomic E-state index is 5.73. The summed E-state index contributed by atoms with van der Waals surface area (Å²) >= 11 is 1.79. The Labute approximate surface area is 131 Å². The molecule has 0 radical (unpaired) electrons. The Morgan fingerprint density at radius 1 is 1.14 bits per heavy atom. The smallest absolute Gasteiger partial charge is 0.121 e. The second-order valence-electron chi connectivity index (χ2n) is 5.42. The van der Waals surface area contributed by atoms with Crippen molar-refractivity contribution in [3.05, 3.63) is 46.7 Å². The van der Waals surface area contributed by atoms with E-state index in [9.17, 15) is 0 Å². The van der Waals surface area contributed by atoms with Crippen LogP contribution in [0, 0.1) is 5.92 Å². The van der Waals surface area contributed by atoms with Crippen molar-refractivity contribution in [1.29, 1.82) is 0 Å². The predicted octanol–water partition coefficient (Wildman–Crippen LogP) is 3.98. The summed E-state index contributed by atoms with van der Waals surface area (Å²) in [7, 11) is 0. The summed E-state index contributed by atoms with van der Waals surface area (Å²) in [5.41, 5.74) is 1.11. The lowest BCUT2D eigenvalue weighted by Gasteiger charge is -2.11. The third-order valence-corrected chi connectivity index (χ3v) is 3.80. The van der Waals surface area contributed by atoms with Crippen LogP contribution in [0.2, 0.25) is 0 Å². The number of nitrogens with one attached hydrogen (secondary N) is 2. The van der Waals surface area contributed by atoms with Crippen LogP contribution < -0.4 is 15.4 Å². The van der Waals surface area contributed by atoms with Gasteiger partial charge in [-0.15, -0.1) is 11.3 Å². The minimum absolute atomic E-state index is 0.545. The minimum Gasteiger partial charge on any atom is -0.493 e. The van der Waals surface area contributed by atoms with Crippen LogP contribution in [0.4, 0.5) is 5.69 Å². The molecule has 2 aromatic rings. The van der Waals surface area contributed by atoms with Crippen molar-refractivity contribution in [2.75, 3.05) is 25.0 Å². The van der Waals surface area contributed by atoms with Crippen molar-refractivity contribution >= 4 is 17.0 Å². The van der Waals surface area contributed by atoms with Crippen molar-refractivity contribution in [1.82, 2.24) is 5.32 Å². The maximum Gasteiger partial charge on any atom is 0.121 e. The van der Waals surface area contributed by atoms with Crippen molar-refractivity contribution in [2.45, 2.75) is 20.4 Å². The summed E-state index contributed by atoms with van der Waals surface area (Å²) in [6.07, 6.45) is 0. The molecule has 0 saturated heterocycles. The molecule has 4 heteroatoms. The molecule has 0 aliphatic rings. The number of anilines is 1. The van der Waals surface area contributed by atoms with Crippen molar-refractivity contribution in [2.24, 2.45) is 5.92 Å². The van der Waals surface area contributed by atoms with Crippen LogP contribution in [0.5, 0.6) is 5.75 Å². The number of hydrogen-bond acceptors (Lipinski definition) is 4. The van der Waals surface area contributed by atoms with Gasteiger partial charge in [-0.1, -0.05) is 26.0 Å². The standard InChI is InChI=1S/C17H24N2OS/c1-14(2)13-20-16-6-3-5-15(11-16)19-9-8-18-12-17-7-4-10-21-17/h3-7,10-11,14,18-19H,8-9,12-13H2,1-2H3. The van der Waals surface area contributed by atoms with Gasteiger partial charge in [0.1, 0.15) is 5.75 Å². The fourth-order valence-electron chi connectivity index (χ4n) is 1.88. The highest BCUT2D eigenvalue weighted by atomic mass is 32.1. The van der Waals surface area contributed by atoms with E-state index in [1.165, 1.54) is 4.88 Å². The summed E-state index contributed by atoms with van der Waals surface area (Å²) in [5.74, 6) is 1.48. The quantitative estimate of drug-likeness (QED) is 0.687. The third kappa shape index (κ3) is 6.19. The van der Waals surface area contributed by atoms with Gasteiger partial charge in [0.05, 0.1) is 6.61 Å². The molecule has 0 aliphatic heterocycles. The third-order valence-electron chi connectivity index (χ3n) is 2.93. The van der Waals surface area contributed by atoms with Crippen LogP contribution in [0.25, 0.3) is 0 Å². The molecule has 0 fully saturated rings. The zero-order chi connectivity index (χ0) is 14.9. The van der Waals surface area contributed by atoms with Crippen LogP contribution in [0.3, 0.4) is 0 Å². The lowest BCUT2D eigenvalue weighted by molar-refractivity contribution is 0.271. The van der Waals surface area contributed by atoms with Gasteiger partial charge in [0.2, 0.25) is 0 Å². The molecule has 2 N–H and O–H groups in total. The molecule has 0 unspecified atom stereocenters. The number of rotatable bonds is 9. The zero-order valence-electron chi connectivity index (χ0n) is 12.8. The lowest BCUT2D eigenvalue weighted by atomic mass is 10.2. The monoisotopic (exact) mass is 304 g/mol. The van der Waals surface area contributed by atoms with E-state index in [0.29, 0.717) is 5.92 Å². The van der Waals surface area contributed by atoms with Gasteiger partial charge in [-0.25, -0.2) is 0 Å². The Bertz CT molecular complexity index is 511. The SMILES string of the molecule is CC(C)COc1cccc(NCCNCc2cccs2)c1. The molecule has 2 rings (SSSR count). The normalized spacial score (nSPS) is 10.8. The molecule has 0 saturated carbocycles. The first-order chi connectivity index (χ1) is 10.2. The molecule has 0 amide bonds. The first-order valence-electron chi connectivity index (χ1n) is 7.44. The van der Waals surface area contributed by atoms with E-state index in [1.54, 1.807) is 11.3 Å². The maximum absolute atomic E-state index is 5.73. The lowest BCUT2D eigenvalue weighted by Crippen LogP contribution is -2.21. The molecule has 1 aromatic heterocycles. The largest absolute Gasteiger partial charge is 0.493 e. The molecule has 0 aliphatic carbocycles. The molecule has 3 nitrogen and oxygen atoms in total. The molecule has 0 spiro atoms. The highest BCUT2D eigenvalue weighted by Gasteiger charge is 1.99. The number of benzene rings is 1. The van der Waals surface area contributed by atoms with Crippen molar-refractivity contribution in [3.8, 4) is 5.75 Å². The highest BCUT2D eigenvalue weighted by Crippen LogP contribution is 2.17. The Morgan fingerprint density at radius 2 is 2.05 bits per heavy atom. The molecular weight excluding hydrogens is 280 g/mol. The van der Waals surface area contributed by atoms with Gasteiger partial charge in [0, 0.05) is 36.3 Å². The van der Waals surface area contributed by atoms with Gasteiger partial charge in [0.15, 0.2) is 0 Å². The molecule has 21 heavy (non-hydrogen) atoms. The van der Waals surface area contributed by atoms with E-state index < -0.39 is 0 Å². The number of ether oxygens (including phenoxy) is 1. The van der Waals surface area contributed by atoms with Gasteiger partial charge >= 0.3 is 0 Å². The van der Waals surface area contributed by atoms with Crippen LogP contribution in [0.15, 0.2) is 41.8 Å². The average molecular weight is 304 g/mol. The Kier molecular flexibility index (Phi) is 6.57. The minimum atomic E-state index is 0.545. The van der Waals surface area contributed by atoms with Crippen LogP contribution >= 0.6 is 11.3 Å². The van der Waals surface area contributed by atoms with Crippen LogP contribution in [-0.2, 0) is 6.54 Å². The zero-order valence-corrected chi connectivity index (χ0v) is 13.6. The summed E-state index contributed by atoms with van der Waals surface area (Å²) < 4.78 is 5.73. The summed E-state index contributed by atoms with van der Waals surface area (Å²) in [4.78, 5) is 1.37. The van der Waals surface area contributed by atoms with Gasteiger partial charge < -0.3 is 15.4 Å². The molecule has 114 valence electrons. The molecule has 1 aromatic carbocycles. The highest BCUT2D eigenvalue weighted by molar-refractivity contribution is 7.09. The number of thiophene rings is 1.